The first-order valence-electron chi connectivity index (χ1n) is 5.94. The summed E-state index contributed by atoms with van der Waals surface area (Å²) in [5, 5.41) is 8.95. The van der Waals surface area contributed by atoms with Gasteiger partial charge >= 0.3 is 0 Å². The molecule has 1 heterocycles. The fraction of sp³-hybridized carbons (Fsp3) is 0.538. The number of likely N-dealkylation sites (tertiary alicyclic amines) is 1. The lowest BCUT2D eigenvalue weighted by atomic mass is 10.0. The molecule has 0 atom stereocenters. The van der Waals surface area contributed by atoms with Gasteiger partial charge in [-0.05, 0) is 37.1 Å². The maximum absolute atomic E-state index is 8.95. The Morgan fingerprint density at radius 1 is 1.12 bits per heavy atom. The van der Waals surface area contributed by atoms with Crippen molar-refractivity contribution < 1.29 is 5.11 Å². The van der Waals surface area contributed by atoms with Crippen LogP contribution in [0.15, 0.2) is 24.3 Å². The van der Waals surface area contributed by atoms with E-state index < -0.39 is 0 Å². The van der Waals surface area contributed by atoms with Crippen LogP contribution in [0.4, 0.5) is 0 Å². The van der Waals surface area contributed by atoms with Crippen molar-refractivity contribution in [3.63, 3.8) is 0 Å². The second-order valence-corrected chi connectivity index (χ2v) is 4.59. The van der Waals surface area contributed by atoms with Crippen molar-refractivity contribution in [3.05, 3.63) is 35.4 Å². The molecule has 3 N–H and O–H groups in total. The Bertz CT molecular complexity index is 315. The van der Waals surface area contributed by atoms with Gasteiger partial charge in [-0.25, -0.2) is 0 Å². The van der Waals surface area contributed by atoms with Crippen LogP contribution in [0, 0.1) is 0 Å². The Hall–Kier alpha value is -0.900. The molecule has 0 bridgehead atoms. The van der Waals surface area contributed by atoms with Gasteiger partial charge in [0.1, 0.15) is 0 Å². The molecular formula is C13H20N2O. The van der Waals surface area contributed by atoms with E-state index in [4.69, 9.17) is 10.8 Å². The predicted octanol–water partition coefficient (Wildman–Crippen LogP) is 1.10. The molecule has 1 aliphatic rings. The molecule has 16 heavy (non-hydrogen) atoms. The van der Waals surface area contributed by atoms with E-state index in [1.165, 1.54) is 5.56 Å². The molecule has 1 aromatic carbocycles. The number of nitrogens with zero attached hydrogens (tertiary/aromatic N) is 1. The molecule has 0 aliphatic carbocycles. The predicted molar refractivity (Wildman–Crippen MR) is 64.9 cm³/mol. The fourth-order valence-electron chi connectivity index (χ4n) is 2.12. The zero-order valence-corrected chi connectivity index (χ0v) is 9.60. The molecule has 1 aromatic rings. The van der Waals surface area contributed by atoms with Crippen LogP contribution in [0.3, 0.4) is 0 Å². The number of benzene rings is 1. The lowest BCUT2D eigenvalue weighted by Crippen LogP contribution is -2.39. The summed E-state index contributed by atoms with van der Waals surface area (Å²) < 4.78 is 0. The highest BCUT2D eigenvalue weighted by atomic mass is 16.3. The molecule has 1 fully saturated rings. The van der Waals surface area contributed by atoms with E-state index in [9.17, 15) is 0 Å². The summed E-state index contributed by atoms with van der Waals surface area (Å²) in [4.78, 5) is 2.44. The van der Waals surface area contributed by atoms with Gasteiger partial charge in [-0.1, -0.05) is 24.3 Å². The third-order valence-electron chi connectivity index (χ3n) is 3.24. The van der Waals surface area contributed by atoms with Crippen LogP contribution < -0.4 is 5.73 Å². The minimum absolute atomic E-state index is 0.124. The third kappa shape index (κ3) is 3.04. The van der Waals surface area contributed by atoms with Crippen LogP contribution in [0.1, 0.15) is 24.0 Å². The Morgan fingerprint density at radius 2 is 1.69 bits per heavy atom. The van der Waals surface area contributed by atoms with Crippen LogP contribution in [-0.2, 0) is 13.2 Å². The first kappa shape index (κ1) is 11.6. The van der Waals surface area contributed by atoms with Gasteiger partial charge in [0.05, 0.1) is 6.61 Å². The largest absolute Gasteiger partial charge is 0.392 e. The third-order valence-corrected chi connectivity index (χ3v) is 3.24. The van der Waals surface area contributed by atoms with E-state index in [2.05, 4.69) is 17.0 Å². The van der Waals surface area contributed by atoms with Gasteiger partial charge in [0, 0.05) is 12.6 Å². The van der Waals surface area contributed by atoms with Crippen LogP contribution in [0.2, 0.25) is 0 Å². The smallest absolute Gasteiger partial charge is 0.0681 e. The second kappa shape index (κ2) is 5.43. The quantitative estimate of drug-likeness (QED) is 0.802. The average Bonchev–Trinajstić information content (AvgIpc) is 2.33. The van der Waals surface area contributed by atoms with Gasteiger partial charge < -0.3 is 10.8 Å². The van der Waals surface area contributed by atoms with Crippen molar-refractivity contribution in [2.45, 2.75) is 32.0 Å². The molecule has 0 radical (unpaired) electrons. The van der Waals surface area contributed by atoms with Crippen molar-refractivity contribution in [2.24, 2.45) is 5.73 Å². The summed E-state index contributed by atoms with van der Waals surface area (Å²) in [6, 6.07) is 8.57. The van der Waals surface area contributed by atoms with Crippen molar-refractivity contribution in [1.82, 2.24) is 4.90 Å². The Morgan fingerprint density at radius 3 is 2.25 bits per heavy atom. The highest BCUT2D eigenvalue weighted by Gasteiger charge is 2.15. The highest BCUT2D eigenvalue weighted by molar-refractivity contribution is 5.21. The number of aliphatic hydroxyl groups is 1. The molecule has 3 nitrogen and oxygen atoms in total. The van der Waals surface area contributed by atoms with Gasteiger partial charge in [0.25, 0.3) is 0 Å². The summed E-state index contributed by atoms with van der Waals surface area (Å²) in [6.45, 7) is 3.32. The van der Waals surface area contributed by atoms with Gasteiger partial charge in [-0.15, -0.1) is 0 Å². The van der Waals surface area contributed by atoms with Gasteiger partial charge in [0.15, 0.2) is 0 Å². The van der Waals surface area contributed by atoms with Gasteiger partial charge in [-0.3, -0.25) is 4.90 Å². The fourth-order valence-corrected chi connectivity index (χ4v) is 2.12. The van der Waals surface area contributed by atoms with Crippen LogP contribution in [-0.4, -0.2) is 29.1 Å². The van der Waals surface area contributed by atoms with E-state index in [0.717, 1.165) is 38.0 Å². The summed E-state index contributed by atoms with van der Waals surface area (Å²) >= 11 is 0. The summed E-state index contributed by atoms with van der Waals surface area (Å²) in [6.07, 6.45) is 2.21. The van der Waals surface area contributed by atoms with E-state index in [1.807, 2.05) is 12.1 Å². The molecule has 0 saturated carbocycles. The molecule has 0 spiro atoms. The number of nitrogens with two attached hydrogens (primary N) is 1. The van der Waals surface area contributed by atoms with Crippen molar-refractivity contribution in [1.29, 1.82) is 0 Å². The summed E-state index contributed by atoms with van der Waals surface area (Å²) in [7, 11) is 0. The molecule has 0 unspecified atom stereocenters. The monoisotopic (exact) mass is 220 g/mol. The topological polar surface area (TPSA) is 49.5 Å². The molecular weight excluding hydrogens is 200 g/mol. The molecule has 0 amide bonds. The van der Waals surface area contributed by atoms with Crippen LogP contribution >= 0.6 is 0 Å². The van der Waals surface area contributed by atoms with Crippen molar-refractivity contribution in [3.8, 4) is 0 Å². The molecule has 1 saturated heterocycles. The number of piperidine rings is 1. The zero-order chi connectivity index (χ0) is 11.4. The minimum atomic E-state index is 0.124. The van der Waals surface area contributed by atoms with Crippen molar-refractivity contribution >= 4 is 0 Å². The highest BCUT2D eigenvalue weighted by Crippen LogP contribution is 2.13. The Kier molecular flexibility index (Phi) is 3.93. The van der Waals surface area contributed by atoms with Gasteiger partial charge in [0.2, 0.25) is 0 Å². The zero-order valence-electron chi connectivity index (χ0n) is 9.60. The Labute approximate surface area is 96.9 Å². The maximum atomic E-state index is 8.95. The Balaban J connectivity index is 1.88. The van der Waals surface area contributed by atoms with Crippen LogP contribution in [0.25, 0.3) is 0 Å². The van der Waals surface area contributed by atoms with E-state index >= 15 is 0 Å². The molecule has 88 valence electrons. The first-order valence-corrected chi connectivity index (χ1v) is 5.94. The maximum Gasteiger partial charge on any atom is 0.0681 e. The number of rotatable bonds is 3. The van der Waals surface area contributed by atoms with E-state index in [1.54, 1.807) is 0 Å². The second-order valence-electron chi connectivity index (χ2n) is 4.59. The standard InChI is InChI=1S/C13H20N2O/c14-13-5-7-15(8-6-13)9-11-1-3-12(10-16)4-2-11/h1-4,13,16H,5-10,14H2. The summed E-state index contributed by atoms with van der Waals surface area (Å²) in [5.74, 6) is 0. The van der Waals surface area contributed by atoms with E-state index in [-0.39, 0.29) is 6.61 Å². The van der Waals surface area contributed by atoms with E-state index in [0.29, 0.717) is 6.04 Å². The number of aliphatic hydroxyl groups excluding tert-OH is 1. The molecule has 1 aliphatic heterocycles. The molecule has 0 aromatic heterocycles. The normalized spacial score (nSPS) is 18.9. The average molecular weight is 220 g/mol. The molecule has 2 rings (SSSR count). The van der Waals surface area contributed by atoms with Crippen molar-refractivity contribution in [2.75, 3.05) is 13.1 Å². The minimum Gasteiger partial charge on any atom is -0.392 e. The lowest BCUT2D eigenvalue weighted by molar-refractivity contribution is 0.205. The SMILES string of the molecule is NC1CCN(Cc2ccc(CO)cc2)CC1. The first-order chi connectivity index (χ1) is 7.78. The number of hydrogen-bond donors (Lipinski definition) is 2. The summed E-state index contributed by atoms with van der Waals surface area (Å²) in [5.41, 5.74) is 8.16. The number of hydrogen-bond acceptors (Lipinski definition) is 3. The van der Waals surface area contributed by atoms with Crippen LogP contribution in [0.5, 0.6) is 0 Å². The molecule has 3 heteroatoms. The van der Waals surface area contributed by atoms with Gasteiger partial charge in [-0.2, -0.15) is 0 Å². The lowest BCUT2D eigenvalue weighted by Gasteiger charge is -2.30.